The molecule has 0 aliphatic carbocycles. The number of carbonyl (C=O) groups is 1. The predicted octanol–water partition coefficient (Wildman–Crippen LogP) is -0.707. The number of aliphatic hydroxyl groups is 1. The molecule has 1 saturated heterocycles. The van der Waals surface area contributed by atoms with Crippen LogP contribution in [0, 0.1) is 0 Å². The highest BCUT2D eigenvalue weighted by Crippen LogP contribution is 2.14. The Morgan fingerprint density at radius 1 is 1.62 bits per heavy atom. The van der Waals surface area contributed by atoms with Crippen molar-refractivity contribution in [2.75, 3.05) is 13.6 Å². The van der Waals surface area contributed by atoms with Crippen LogP contribution in [0.15, 0.2) is 0 Å². The van der Waals surface area contributed by atoms with Gasteiger partial charge in [-0.15, -0.1) is 0 Å². The number of nitrogens with zero attached hydrogens (tertiary/aromatic N) is 1. The standard InChI is InChI=1S/C11H23N3O2/c1-7-4-5-9(13-7)6-14(3)10(8(2)15)11(12)16/h7-10,13,15H,4-6H2,1-3H3,(H2,12,16)/t7?,8-,9?,10+/m1/s1. The number of nitrogens with one attached hydrogen (secondary N) is 1. The third kappa shape index (κ3) is 3.43. The Bertz CT molecular complexity index is 245. The van der Waals surface area contributed by atoms with Gasteiger partial charge in [-0.05, 0) is 33.7 Å². The number of rotatable bonds is 5. The monoisotopic (exact) mass is 229 g/mol. The third-order valence-electron chi connectivity index (χ3n) is 3.20. The van der Waals surface area contributed by atoms with Gasteiger partial charge in [0, 0.05) is 18.6 Å². The normalized spacial score (nSPS) is 29.3. The Morgan fingerprint density at radius 2 is 2.25 bits per heavy atom. The van der Waals surface area contributed by atoms with Gasteiger partial charge in [0.2, 0.25) is 5.91 Å². The first-order valence-electron chi connectivity index (χ1n) is 5.85. The number of amides is 1. The van der Waals surface area contributed by atoms with Crippen molar-refractivity contribution >= 4 is 5.91 Å². The Morgan fingerprint density at radius 3 is 2.62 bits per heavy atom. The van der Waals surface area contributed by atoms with Crippen LogP contribution in [0.5, 0.6) is 0 Å². The maximum atomic E-state index is 11.2. The van der Waals surface area contributed by atoms with E-state index in [2.05, 4.69) is 12.2 Å². The van der Waals surface area contributed by atoms with Crippen LogP contribution in [0.25, 0.3) is 0 Å². The van der Waals surface area contributed by atoms with Crippen molar-refractivity contribution in [3.63, 3.8) is 0 Å². The zero-order valence-electron chi connectivity index (χ0n) is 10.3. The number of primary amides is 1. The summed E-state index contributed by atoms with van der Waals surface area (Å²) >= 11 is 0. The van der Waals surface area contributed by atoms with Gasteiger partial charge in [0.1, 0.15) is 6.04 Å². The summed E-state index contributed by atoms with van der Waals surface area (Å²) in [6.45, 7) is 4.49. The van der Waals surface area contributed by atoms with E-state index < -0.39 is 18.1 Å². The average molecular weight is 229 g/mol. The number of likely N-dealkylation sites (N-methyl/N-ethyl adjacent to an activating group) is 1. The molecule has 0 spiro atoms. The lowest BCUT2D eigenvalue weighted by molar-refractivity contribution is -0.126. The van der Waals surface area contributed by atoms with Gasteiger partial charge in [0.15, 0.2) is 0 Å². The summed E-state index contributed by atoms with van der Waals surface area (Å²) in [6, 6.07) is 0.329. The summed E-state index contributed by atoms with van der Waals surface area (Å²) < 4.78 is 0. The van der Waals surface area contributed by atoms with Crippen molar-refractivity contribution in [3.8, 4) is 0 Å². The number of hydrogen-bond donors (Lipinski definition) is 3. The van der Waals surface area contributed by atoms with Crippen LogP contribution in [-0.2, 0) is 4.79 Å². The first-order valence-corrected chi connectivity index (χ1v) is 5.85. The smallest absolute Gasteiger partial charge is 0.237 e. The van der Waals surface area contributed by atoms with Crippen LogP contribution in [0.1, 0.15) is 26.7 Å². The molecule has 0 aromatic rings. The third-order valence-corrected chi connectivity index (χ3v) is 3.20. The highest BCUT2D eigenvalue weighted by molar-refractivity contribution is 5.80. The fourth-order valence-corrected chi connectivity index (χ4v) is 2.45. The van der Waals surface area contributed by atoms with Gasteiger partial charge in [-0.3, -0.25) is 9.69 Å². The molecule has 0 radical (unpaired) electrons. The molecule has 1 rings (SSSR count). The highest BCUT2D eigenvalue weighted by Gasteiger charge is 2.29. The van der Waals surface area contributed by atoms with E-state index in [4.69, 9.17) is 5.73 Å². The van der Waals surface area contributed by atoms with Crippen molar-refractivity contribution in [3.05, 3.63) is 0 Å². The van der Waals surface area contributed by atoms with E-state index in [1.54, 1.807) is 6.92 Å². The van der Waals surface area contributed by atoms with Crippen molar-refractivity contribution < 1.29 is 9.90 Å². The summed E-state index contributed by atoms with van der Waals surface area (Å²) in [5.74, 6) is -0.469. The van der Waals surface area contributed by atoms with Crippen molar-refractivity contribution in [1.82, 2.24) is 10.2 Å². The quantitative estimate of drug-likeness (QED) is 0.582. The largest absolute Gasteiger partial charge is 0.391 e. The number of carbonyl (C=O) groups excluding carboxylic acids is 1. The lowest BCUT2D eigenvalue weighted by atomic mass is 10.1. The summed E-state index contributed by atoms with van der Waals surface area (Å²) in [5.41, 5.74) is 5.28. The van der Waals surface area contributed by atoms with E-state index in [1.165, 1.54) is 0 Å². The Kier molecular flexibility index (Phi) is 4.70. The van der Waals surface area contributed by atoms with Gasteiger partial charge < -0.3 is 16.2 Å². The van der Waals surface area contributed by atoms with Gasteiger partial charge in [-0.25, -0.2) is 0 Å². The lowest BCUT2D eigenvalue weighted by Gasteiger charge is -2.29. The van der Waals surface area contributed by atoms with Gasteiger partial charge in [-0.1, -0.05) is 0 Å². The second kappa shape index (κ2) is 5.61. The zero-order chi connectivity index (χ0) is 12.3. The lowest BCUT2D eigenvalue weighted by Crippen LogP contribution is -2.52. The molecule has 5 nitrogen and oxygen atoms in total. The summed E-state index contributed by atoms with van der Waals surface area (Å²) in [6.07, 6.45) is 1.53. The zero-order valence-corrected chi connectivity index (χ0v) is 10.3. The molecule has 1 aliphatic rings. The van der Waals surface area contributed by atoms with Crippen LogP contribution in [0.4, 0.5) is 0 Å². The molecular weight excluding hydrogens is 206 g/mol. The molecule has 4 N–H and O–H groups in total. The molecule has 0 bridgehead atoms. The molecule has 0 aromatic heterocycles. The molecule has 4 atom stereocenters. The minimum Gasteiger partial charge on any atom is -0.391 e. The Hall–Kier alpha value is -0.650. The maximum absolute atomic E-state index is 11.2. The van der Waals surface area contributed by atoms with Gasteiger partial charge in [0.25, 0.3) is 0 Å². The number of nitrogens with two attached hydrogens (primary N) is 1. The molecular formula is C11H23N3O2. The van der Waals surface area contributed by atoms with E-state index in [-0.39, 0.29) is 0 Å². The molecule has 94 valence electrons. The molecule has 16 heavy (non-hydrogen) atoms. The molecule has 1 heterocycles. The first kappa shape index (κ1) is 13.4. The molecule has 1 amide bonds. The summed E-state index contributed by atoms with van der Waals surface area (Å²) in [4.78, 5) is 13.1. The van der Waals surface area contributed by atoms with Crippen LogP contribution in [-0.4, -0.2) is 53.7 Å². The van der Waals surface area contributed by atoms with E-state index in [9.17, 15) is 9.90 Å². The Labute approximate surface area is 97.0 Å². The van der Waals surface area contributed by atoms with Crippen LogP contribution in [0.3, 0.4) is 0 Å². The van der Waals surface area contributed by atoms with Crippen molar-refractivity contribution in [2.45, 2.75) is 50.9 Å². The molecule has 0 saturated carbocycles. The topological polar surface area (TPSA) is 78.6 Å². The maximum Gasteiger partial charge on any atom is 0.237 e. The number of aliphatic hydroxyl groups excluding tert-OH is 1. The molecule has 1 fully saturated rings. The summed E-state index contributed by atoms with van der Waals surface area (Å²) in [7, 11) is 1.83. The van der Waals surface area contributed by atoms with Gasteiger partial charge >= 0.3 is 0 Å². The van der Waals surface area contributed by atoms with E-state index in [1.807, 2.05) is 11.9 Å². The predicted molar refractivity (Wildman–Crippen MR) is 62.9 cm³/mol. The van der Waals surface area contributed by atoms with Crippen molar-refractivity contribution in [1.29, 1.82) is 0 Å². The molecule has 2 unspecified atom stereocenters. The van der Waals surface area contributed by atoms with Gasteiger partial charge in [0.05, 0.1) is 6.10 Å². The highest BCUT2D eigenvalue weighted by atomic mass is 16.3. The van der Waals surface area contributed by atoms with E-state index in [0.29, 0.717) is 12.1 Å². The van der Waals surface area contributed by atoms with Crippen LogP contribution in [0.2, 0.25) is 0 Å². The second-order valence-corrected chi connectivity index (χ2v) is 4.87. The average Bonchev–Trinajstić information content (AvgIpc) is 2.49. The second-order valence-electron chi connectivity index (χ2n) is 4.87. The molecule has 0 aromatic carbocycles. The fourth-order valence-electron chi connectivity index (χ4n) is 2.45. The van der Waals surface area contributed by atoms with Gasteiger partial charge in [-0.2, -0.15) is 0 Å². The van der Waals surface area contributed by atoms with Crippen LogP contribution >= 0.6 is 0 Å². The Balaban J connectivity index is 2.49. The first-order chi connectivity index (χ1) is 7.41. The molecule has 1 aliphatic heterocycles. The SMILES string of the molecule is CC1CCC(CN(C)[C@H](C(N)=O)[C@@H](C)O)N1. The van der Waals surface area contributed by atoms with Crippen LogP contribution < -0.4 is 11.1 Å². The minimum atomic E-state index is -0.735. The molecule has 5 heteroatoms. The number of hydrogen-bond acceptors (Lipinski definition) is 4. The van der Waals surface area contributed by atoms with E-state index >= 15 is 0 Å². The van der Waals surface area contributed by atoms with E-state index in [0.717, 1.165) is 19.4 Å². The fraction of sp³-hybridized carbons (Fsp3) is 0.909. The summed E-state index contributed by atoms with van der Waals surface area (Å²) in [5, 5.41) is 13.0. The minimum absolute atomic E-state index is 0.389. The van der Waals surface area contributed by atoms with Crippen molar-refractivity contribution in [2.24, 2.45) is 5.73 Å².